The number of nitrogens with one attached hydrogen (secondary N) is 1. The Labute approximate surface area is 98.8 Å². The highest BCUT2D eigenvalue weighted by atomic mass is 79.9. The summed E-state index contributed by atoms with van der Waals surface area (Å²) in [7, 11) is 0. The number of halogens is 1. The van der Waals surface area contributed by atoms with E-state index >= 15 is 0 Å². The van der Waals surface area contributed by atoms with Crippen molar-refractivity contribution in [2.75, 3.05) is 18.4 Å². The van der Waals surface area contributed by atoms with Crippen molar-refractivity contribution in [3.8, 4) is 0 Å². The van der Waals surface area contributed by atoms with Gasteiger partial charge in [-0.1, -0.05) is 6.92 Å². The van der Waals surface area contributed by atoms with Crippen LogP contribution in [0.15, 0.2) is 16.9 Å². The molecule has 0 fully saturated rings. The van der Waals surface area contributed by atoms with Crippen LogP contribution < -0.4 is 11.1 Å². The van der Waals surface area contributed by atoms with E-state index in [4.69, 9.17) is 5.73 Å². The van der Waals surface area contributed by atoms with Gasteiger partial charge in [0.25, 0.3) is 0 Å². The fraction of sp³-hybridized carbons (Fsp3) is 0.600. The maximum Gasteiger partial charge on any atom is 0.222 e. The quantitative estimate of drug-likeness (QED) is 0.778. The van der Waals surface area contributed by atoms with Crippen molar-refractivity contribution in [3.05, 3.63) is 16.9 Å². The van der Waals surface area contributed by atoms with Gasteiger partial charge >= 0.3 is 0 Å². The lowest BCUT2D eigenvalue weighted by Gasteiger charge is -2.08. The van der Waals surface area contributed by atoms with Crippen LogP contribution in [0.4, 0.5) is 5.95 Å². The van der Waals surface area contributed by atoms with E-state index in [1.165, 1.54) is 0 Å². The van der Waals surface area contributed by atoms with E-state index in [-0.39, 0.29) is 0 Å². The van der Waals surface area contributed by atoms with Crippen LogP contribution in [0.2, 0.25) is 0 Å². The van der Waals surface area contributed by atoms with Gasteiger partial charge in [0.1, 0.15) is 0 Å². The molecule has 1 unspecified atom stereocenters. The van der Waals surface area contributed by atoms with Crippen LogP contribution >= 0.6 is 15.9 Å². The Hall–Kier alpha value is -0.680. The van der Waals surface area contributed by atoms with Crippen molar-refractivity contribution in [3.63, 3.8) is 0 Å². The molecule has 0 aliphatic carbocycles. The van der Waals surface area contributed by atoms with Gasteiger partial charge in [-0.2, -0.15) is 0 Å². The number of nitrogens with two attached hydrogens (primary N) is 1. The summed E-state index contributed by atoms with van der Waals surface area (Å²) in [5.74, 6) is 1.27. The standard InChI is InChI=1S/C10H17BrN4/c1-8(5-12)3-2-4-13-10-14-6-9(11)7-15-10/h6-8H,2-5,12H2,1H3,(H,13,14,15). The van der Waals surface area contributed by atoms with Gasteiger partial charge in [-0.25, -0.2) is 9.97 Å². The largest absolute Gasteiger partial charge is 0.354 e. The summed E-state index contributed by atoms with van der Waals surface area (Å²) in [5.41, 5.74) is 5.53. The zero-order chi connectivity index (χ0) is 11.1. The summed E-state index contributed by atoms with van der Waals surface area (Å²) in [6, 6.07) is 0. The highest BCUT2D eigenvalue weighted by Gasteiger charge is 1.99. The average molecular weight is 273 g/mol. The van der Waals surface area contributed by atoms with Gasteiger partial charge in [-0.15, -0.1) is 0 Å². The van der Waals surface area contributed by atoms with Gasteiger partial charge in [0.05, 0.1) is 4.47 Å². The molecular formula is C10H17BrN4. The smallest absolute Gasteiger partial charge is 0.222 e. The minimum Gasteiger partial charge on any atom is -0.354 e. The monoisotopic (exact) mass is 272 g/mol. The topological polar surface area (TPSA) is 63.8 Å². The Morgan fingerprint density at radius 3 is 2.73 bits per heavy atom. The molecule has 0 aliphatic rings. The van der Waals surface area contributed by atoms with E-state index in [1.807, 2.05) is 0 Å². The molecule has 4 nitrogen and oxygen atoms in total. The minimum absolute atomic E-state index is 0.595. The van der Waals surface area contributed by atoms with Gasteiger partial charge in [0, 0.05) is 18.9 Å². The molecule has 3 N–H and O–H groups in total. The fourth-order valence-electron chi connectivity index (χ4n) is 1.17. The number of hydrogen-bond donors (Lipinski definition) is 2. The molecule has 0 amide bonds. The van der Waals surface area contributed by atoms with E-state index in [2.05, 4.69) is 38.1 Å². The van der Waals surface area contributed by atoms with Crippen LogP contribution in [0.1, 0.15) is 19.8 Å². The Morgan fingerprint density at radius 2 is 2.13 bits per heavy atom. The van der Waals surface area contributed by atoms with Crippen LogP contribution in [0.3, 0.4) is 0 Å². The van der Waals surface area contributed by atoms with Crippen LogP contribution in [0.25, 0.3) is 0 Å². The predicted octanol–water partition coefficient (Wildman–Crippen LogP) is 2.03. The van der Waals surface area contributed by atoms with Crippen LogP contribution in [-0.4, -0.2) is 23.1 Å². The molecule has 5 heteroatoms. The maximum atomic E-state index is 5.53. The van der Waals surface area contributed by atoms with Crippen LogP contribution in [0.5, 0.6) is 0 Å². The third-order valence-electron chi connectivity index (χ3n) is 2.18. The molecule has 1 rings (SSSR count). The summed E-state index contributed by atoms with van der Waals surface area (Å²) in [4.78, 5) is 8.24. The molecule has 1 atom stereocenters. The fourth-order valence-corrected chi connectivity index (χ4v) is 1.38. The second-order valence-electron chi connectivity index (χ2n) is 3.63. The van der Waals surface area contributed by atoms with E-state index in [0.29, 0.717) is 11.9 Å². The predicted molar refractivity (Wildman–Crippen MR) is 65.7 cm³/mol. The van der Waals surface area contributed by atoms with Crippen molar-refractivity contribution in [1.29, 1.82) is 0 Å². The molecule has 0 saturated carbocycles. The van der Waals surface area contributed by atoms with Crippen molar-refractivity contribution >= 4 is 21.9 Å². The molecule has 0 spiro atoms. The lowest BCUT2D eigenvalue weighted by molar-refractivity contribution is 0.529. The minimum atomic E-state index is 0.595. The van der Waals surface area contributed by atoms with Gasteiger partial charge in [0.15, 0.2) is 0 Å². The lowest BCUT2D eigenvalue weighted by Crippen LogP contribution is -2.12. The average Bonchev–Trinajstić information content (AvgIpc) is 2.26. The molecule has 0 aromatic carbocycles. The van der Waals surface area contributed by atoms with E-state index in [0.717, 1.165) is 30.4 Å². The maximum absolute atomic E-state index is 5.53. The SMILES string of the molecule is CC(CN)CCCNc1ncc(Br)cn1. The molecule has 15 heavy (non-hydrogen) atoms. The Balaban J connectivity index is 2.17. The number of anilines is 1. The highest BCUT2D eigenvalue weighted by Crippen LogP contribution is 2.07. The van der Waals surface area contributed by atoms with Crippen molar-refractivity contribution in [1.82, 2.24) is 9.97 Å². The molecule has 1 aromatic heterocycles. The first-order chi connectivity index (χ1) is 7.22. The third-order valence-corrected chi connectivity index (χ3v) is 2.59. The zero-order valence-corrected chi connectivity index (χ0v) is 10.5. The van der Waals surface area contributed by atoms with Gasteiger partial charge in [-0.3, -0.25) is 0 Å². The summed E-state index contributed by atoms with van der Waals surface area (Å²) in [6.07, 6.45) is 5.70. The number of hydrogen-bond acceptors (Lipinski definition) is 4. The Morgan fingerprint density at radius 1 is 1.47 bits per heavy atom. The normalized spacial score (nSPS) is 12.5. The third kappa shape index (κ3) is 5.09. The molecular weight excluding hydrogens is 256 g/mol. The second-order valence-corrected chi connectivity index (χ2v) is 4.55. The summed E-state index contributed by atoms with van der Waals surface area (Å²) < 4.78 is 0.893. The van der Waals surface area contributed by atoms with E-state index < -0.39 is 0 Å². The molecule has 0 radical (unpaired) electrons. The molecule has 84 valence electrons. The summed E-state index contributed by atoms with van der Waals surface area (Å²) in [6.45, 7) is 3.82. The first-order valence-corrected chi connectivity index (χ1v) is 5.93. The van der Waals surface area contributed by atoms with Gasteiger partial charge in [-0.05, 0) is 41.2 Å². The van der Waals surface area contributed by atoms with Crippen LogP contribution in [-0.2, 0) is 0 Å². The molecule has 0 aliphatic heterocycles. The molecule has 0 bridgehead atoms. The summed E-state index contributed by atoms with van der Waals surface area (Å²) >= 11 is 3.29. The molecule has 0 saturated heterocycles. The first-order valence-electron chi connectivity index (χ1n) is 5.14. The second kappa shape index (κ2) is 6.74. The molecule has 1 heterocycles. The lowest BCUT2D eigenvalue weighted by atomic mass is 10.1. The van der Waals surface area contributed by atoms with Crippen molar-refractivity contribution in [2.45, 2.75) is 19.8 Å². The van der Waals surface area contributed by atoms with Gasteiger partial charge in [0.2, 0.25) is 5.95 Å². The van der Waals surface area contributed by atoms with Crippen LogP contribution in [0, 0.1) is 5.92 Å². The van der Waals surface area contributed by atoms with Crippen molar-refractivity contribution < 1.29 is 0 Å². The van der Waals surface area contributed by atoms with E-state index in [9.17, 15) is 0 Å². The molecule has 1 aromatic rings. The van der Waals surface area contributed by atoms with Crippen molar-refractivity contribution in [2.24, 2.45) is 11.7 Å². The highest BCUT2D eigenvalue weighted by molar-refractivity contribution is 9.10. The van der Waals surface area contributed by atoms with E-state index in [1.54, 1.807) is 12.4 Å². The first kappa shape index (κ1) is 12.4. The number of rotatable bonds is 6. The summed E-state index contributed by atoms with van der Waals surface area (Å²) in [5, 5.41) is 3.17. The Kier molecular flexibility index (Phi) is 5.57. The zero-order valence-electron chi connectivity index (χ0n) is 8.91. The van der Waals surface area contributed by atoms with Gasteiger partial charge < -0.3 is 11.1 Å². The number of aromatic nitrogens is 2. The number of nitrogens with zero attached hydrogens (tertiary/aromatic N) is 2. The Bertz CT molecular complexity index is 275.